The van der Waals surface area contributed by atoms with Gasteiger partial charge in [0.2, 0.25) is 0 Å². The van der Waals surface area contributed by atoms with E-state index >= 15 is 0 Å². The average molecular weight is 291 g/mol. The third-order valence-electron chi connectivity index (χ3n) is 3.72. The van der Waals surface area contributed by atoms with Crippen molar-refractivity contribution in [2.45, 2.75) is 13.3 Å². The Morgan fingerprint density at radius 3 is 2.50 bits per heavy atom. The molecule has 0 radical (unpaired) electrons. The number of piperazine rings is 1. The number of carbonyl (C=O) groups excluding carboxylic acids is 1. The molecule has 20 heavy (non-hydrogen) atoms. The van der Waals surface area contributed by atoms with Crippen molar-refractivity contribution in [1.29, 1.82) is 0 Å². The Morgan fingerprint density at radius 1 is 1.25 bits per heavy atom. The Bertz CT molecular complexity index is 496. The van der Waals surface area contributed by atoms with E-state index in [0.29, 0.717) is 11.4 Å². The molecule has 1 fully saturated rings. The molecule has 4 nitrogen and oxygen atoms in total. The van der Waals surface area contributed by atoms with Gasteiger partial charge in [-0.25, -0.2) is 0 Å². The topological polar surface area (TPSA) is 49.6 Å². The highest BCUT2D eigenvalue weighted by Crippen LogP contribution is 2.14. The van der Waals surface area contributed by atoms with Crippen molar-refractivity contribution in [3.8, 4) is 0 Å². The van der Waals surface area contributed by atoms with E-state index in [-0.39, 0.29) is 5.91 Å². The van der Waals surface area contributed by atoms with Gasteiger partial charge in [0.05, 0.1) is 4.99 Å². The second kappa shape index (κ2) is 6.81. The molecular formula is C15H21N3OS. The summed E-state index contributed by atoms with van der Waals surface area (Å²) in [6, 6.07) is 7.59. The maximum Gasteiger partial charge on any atom is 0.254 e. The van der Waals surface area contributed by atoms with Crippen molar-refractivity contribution in [3.63, 3.8) is 0 Å². The molecule has 1 aliphatic rings. The summed E-state index contributed by atoms with van der Waals surface area (Å²) in [6.07, 6.45) is 0.478. The molecule has 2 N–H and O–H groups in total. The molecule has 2 rings (SSSR count). The van der Waals surface area contributed by atoms with Crippen LogP contribution in [0.1, 0.15) is 22.8 Å². The smallest absolute Gasteiger partial charge is 0.254 e. The van der Waals surface area contributed by atoms with Gasteiger partial charge in [0.1, 0.15) is 0 Å². The number of hydrogen-bond donors (Lipinski definition) is 1. The number of thiocarbonyl (C=S) groups is 1. The van der Waals surface area contributed by atoms with Crippen molar-refractivity contribution < 1.29 is 4.79 Å². The van der Waals surface area contributed by atoms with Gasteiger partial charge in [0.15, 0.2) is 0 Å². The maximum absolute atomic E-state index is 12.6. The van der Waals surface area contributed by atoms with Crippen molar-refractivity contribution in [2.24, 2.45) is 5.73 Å². The first-order valence-electron chi connectivity index (χ1n) is 6.99. The number of hydrogen-bond acceptors (Lipinski definition) is 3. The molecule has 0 spiro atoms. The molecule has 1 aromatic rings. The fourth-order valence-corrected chi connectivity index (χ4v) is 2.66. The molecule has 0 atom stereocenters. The van der Waals surface area contributed by atoms with E-state index in [2.05, 4.69) is 11.8 Å². The van der Waals surface area contributed by atoms with Crippen molar-refractivity contribution in [3.05, 3.63) is 35.4 Å². The van der Waals surface area contributed by atoms with Crippen LogP contribution in [0.15, 0.2) is 24.3 Å². The summed E-state index contributed by atoms with van der Waals surface area (Å²) in [6.45, 7) is 6.65. The maximum atomic E-state index is 12.6. The minimum Gasteiger partial charge on any atom is -0.393 e. The van der Waals surface area contributed by atoms with Crippen molar-refractivity contribution in [2.75, 3.05) is 32.7 Å². The minimum atomic E-state index is 0.0904. The Kier molecular flexibility index (Phi) is 5.09. The summed E-state index contributed by atoms with van der Waals surface area (Å²) in [5.74, 6) is 0.0904. The molecule has 5 heteroatoms. The van der Waals surface area contributed by atoms with E-state index in [1.807, 2.05) is 29.2 Å². The number of nitrogens with two attached hydrogens (primary N) is 1. The van der Waals surface area contributed by atoms with Gasteiger partial charge in [-0.15, -0.1) is 0 Å². The van der Waals surface area contributed by atoms with Crippen LogP contribution in [-0.4, -0.2) is 53.4 Å². The van der Waals surface area contributed by atoms with Gasteiger partial charge >= 0.3 is 0 Å². The fraction of sp³-hybridized carbons (Fsp3) is 0.467. The van der Waals surface area contributed by atoms with Crippen molar-refractivity contribution in [1.82, 2.24) is 9.80 Å². The standard InChI is InChI=1S/C15H21N3OS/c1-2-17-7-9-18(10-8-17)15(19)13-6-4-3-5-12(13)11-14(16)20/h3-6H,2,7-11H2,1H3,(H2,16,20). The van der Waals surface area contributed by atoms with Crippen LogP contribution in [0, 0.1) is 0 Å². The second-order valence-corrected chi connectivity index (χ2v) is 5.55. The summed E-state index contributed by atoms with van der Waals surface area (Å²) < 4.78 is 0. The SMILES string of the molecule is CCN1CCN(C(=O)c2ccccc2CC(N)=S)CC1. The number of benzene rings is 1. The zero-order valence-electron chi connectivity index (χ0n) is 11.8. The number of amides is 1. The lowest BCUT2D eigenvalue weighted by atomic mass is 10.0. The van der Waals surface area contributed by atoms with Crippen LogP contribution in [0.4, 0.5) is 0 Å². The normalized spacial score (nSPS) is 16.1. The molecule has 0 bridgehead atoms. The van der Waals surface area contributed by atoms with E-state index in [0.717, 1.165) is 43.9 Å². The van der Waals surface area contributed by atoms with Crippen LogP contribution in [0.2, 0.25) is 0 Å². The lowest BCUT2D eigenvalue weighted by Gasteiger charge is -2.34. The molecule has 1 aliphatic heterocycles. The molecule has 0 aliphatic carbocycles. The monoisotopic (exact) mass is 291 g/mol. The lowest BCUT2D eigenvalue weighted by Crippen LogP contribution is -2.48. The summed E-state index contributed by atoms with van der Waals surface area (Å²) in [5.41, 5.74) is 7.25. The number of likely N-dealkylation sites (N-methyl/N-ethyl adjacent to an activating group) is 1. The highest BCUT2D eigenvalue weighted by Gasteiger charge is 2.22. The van der Waals surface area contributed by atoms with Gasteiger partial charge in [0.25, 0.3) is 5.91 Å². The Morgan fingerprint density at radius 2 is 1.90 bits per heavy atom. The van der Waals surface area contributed by atoms with Crippen LogP contribution in [-0.2, 0) is 6.42 Å². The third kappa shape index (κ3) is 3.55. The zero-order valence-corrected chi connectivity index (χ0v) is 12.7. The molecule has 108 valence electrons. The van der Waals surface area contributed by atoms with Gasteiger partial charge in [-0.05, 0) is 18.2 Å². The molecule has 0 unspecified atom stereocenters. The van der Waals surface area contributed by atoms with Gasteiger partial charge < -0.3 is 15.5 Å². The lowest BCUT2D eigenvalue weighted by molar-refractivity contribution is 0.0642. The van der Waals surface area contributed by atoms with Gasteiger partial charge in [-0.3, -0.25) is 4.79 Å². The predicted octanol–water partition coefficient (Wildman–Crippen LogP) is 1.29. The van der Waals surface area contributed by atoms with Crippen LogP contribution in [0.3, 0.4) is 0 Å². The third-order valence-corrected chi connectivity index (χ3v) is 3.86. The highest BCUT2D eigenvalue weighted by molar-refractivity contribution is 7.80. The number of nitrogens with zero attached hydrogens (tertiary/aromatic N) is 2. The number of carbonyl (C=O) groups is 1. The molecule has 1 saturated heterocycles. The summed E-state index contributed by atoms with van der Waals surface area (Å²) in [7, 11) is 0. The first-order chi connectivity index (χ1) is 9.61. The van der Waals surface area contributed by atoms with E-state index in [4.69, 9.17) is 18.0 Å². The minimum absolute atomic E-state index is 0.0904. The van der Waals surface area contributed by atoms with Crippen molar-refractivity contribution >= 4 is 23.1 Å². The molecular weight excluding hydrogens is 270 g/mol. The van der Waals surface area contributed by atoms with E-state index in [1.54, 1.807) is 0 Å². The van der Waals surface area contributed by atoms with Gasteiger partial charge in [-0.1, -0.05) is 37.3 Å². The molecule has 0 aromatic heterocycles. The van der Waals surface area contributed by atoms with E-state index in [1.165, 1.54) is 0 Å². The zero-order chi connectivity index (χ0) is 14.5. The second-order valence-electron chi connectivity index (χ2n) is 5.03. The Hall–Kier alpha value is -1.46. The van der Waals surface area contributed by atoms with E-state index < -0.39 is 0 Å². The molecule has 1 amide bonds. The first-order valence-corrected chi connectivity index (χ1v) is 7.40. The average Bonchev–Trinajstić information content (AvgIpc) is 2.46. The largest absolute Gasteiger partial charge is 0.393 e. The Balaban J connectivity index is 2.11. The fourth-order valence-electron chi connectivity index (χ4n) is 2.51. The summed E-state index contributed by atoms with van der Waals surface area (Å²) in [4.78, 5) is 17.3. The van der Waals surface area contributed by atoms with Gasteiger partial charge in [-0.2, -0.15) is 0 Å². The molecule has 1 aromatic carbocycles. The summed E-state index contributed by atoms with van der Waals surface area (Å²) in [5, 5.41) is 0. The Labute approximate surface area is 125 Å². The highest BCUT2D eigenvalue weighted by atomic mass is 32.1. The summed E-state index contributed by atoms with van der Waals surface area (Å²) >= 11 is 4.96. The predicted molar refractivity (Wildman–Crippen MR) is 84.9 cm³/mol. The van der Waals surface area contributed by atoms with Gasteiger partial charge in [0, 0.05) is 38.2 Å². The first kappa shape index (κ1) is 14.9. The quantitative estimate of drug-likeness (QED) is 0.849. The molecule has 0 saturated carbocycles. The number of rotatable bonds is 4. The molecule has 1 heterocycles. The van der Waals surface area contributed by atoms with E-state index in [9.17, 15) is 4.79 Å². The van der Waals surface area contributed by atoms with Crippen LogP contribution >= 0.6 is 12.2 Å². The van der Waals surface area contributed by atoms with Crippen LogP contribution in [0.25, 0.3) is 0 Å². The van der Waals surface area contributed by atoms with Crippen LogP contribution in [0.5, 0.6) is 0 Å². The van der Waals surface area contributed by atoms with Crippen LogP contribution < -0.4 is 5.73 Å².